The van der Waals surface area contributed by atoms with Crippen LogP contribution in [0.2, 0.25) is 0 Å². The molecular formula is C7H13F2NO2. The minimum absolute atomic E-state index is 0.0969. The van der Waals surface area contributed by atoms with E-state index in [1.165, 1.54) is 0 Å². The van der Waals surface area contributed by atoms with Crippen LogP contribution in [0.15, 0.2) is 0 Å². The topological polar surface area (TPSA) is 63.3 Å². The molecule has 0 aliphatic rings. The molecule has 0 rings (SSSR count). The minimum atomic E-state index is -2.39. The Hall–Kier alpha value is -0.710. The van der Waals surface area contributed by atoms with Crippen molar-refractivity contribution in [2.75, 3.05) is 0 Å². The molecule has 0 radical (unpaired) electrons. The average Bonchev–Trinajstić information content (AvgIpc) is 1.84. The number of rotatable bonds is 5. The number of halogens is 2. The van der Waals surface area contributed by atoms with E-state index in [-0.39, 0.29) is 18.8 Å². The van der Waals surface area contributed by atoms with Crippen LogP contribution >= 0.6 is 0 Å². The first-order chi connectivity index (χ1) is 5.43. The maximum atomic E-state index is 11.7. The number of nitrogens with two attached hydrogens (primary N) is 1. The second kappa shape index (κ2) is 5.03. The van der Waals surface area contributed by atoms with Crippen molar-refractivity contribution in [1.82, 2.24) is 0 Å². The molecular weight excluding hydrogens is 168 g/mol. The molecule has 0 heterocycles. The van der Waals surface area contributed by atoms with Crippen LogP contribution in [0.5, 0.6) is 0 Å². The third kappa shape index (κ3) is 5.01. The molecule has 0 aliphatic heterocycles. The summed E-state index contributed by atoms with van der Waals surface area (Å²) in [4.78, 5) is 10.2. The van der Waals surface area contributed by atoms with Crippen LogP contribution in [0.4, 0.5) is 8.78 Å². The number of hydrogen-bond donors (Lipinski definition) is 2. The van der Waals surface area contributed by atoms with Crippen molar-refractivity contribution in [3.8, 4) is 0 Å². The standard InChI is InChI=1S/C7H13F2NO2/c1-4(3-6(8)9)2-5(10)7(11)12/h4-6H,2-3,10H2,1H3,(H,11,12)/t4?,5-/m1/s1. The third-order valence-electron chi connectivity index (χ3n) is 1.55. The Bertz CT molecular complexity index is 152. The number of aliphatic carboxylic acids is 1. The van der Waals surface area contributed by atoms with Crippen LogP contribution in [0, 0.1) is 5.92 Å². The number of hydrogen-bond acceptors (Lipinski definition) is 2. The molecule has 0 aliphatic carbocycles. The molecule has 0 fully saturated rings. The van der Waals surface area contributed by atoms with Gasteiger partial charge in [0.25, 0.3) is 0 Å². The van der Waals surface area contributed by atoms with E-state index in [4.69, 9.17) is 10.8 Å². The summed E-state index contributed by atoms with van der Waals surface area (Å²) < 4.78 is 23.5. The molecule has 3 N–H and O–H groups in total. The van der Waals surface area contributed by atoms with Gasteiger partial charge in [0.05, 0.1) is 0 Å². The highest BCUT2D eigenvalue weighted by Gasteiger charge is 2.18. The Balaban J connectivity index is 3.68. The zero-order valence-electron chi connectivity index (χ0n) is 6.84. The predicted molar refractivity (Wildman–Crippen MR) is 40.0 cm³/mol. The van der Waals surface area contributed by atoms with Crippen molar-refractivity contribution in [3.63, 3.8) is 0 Å². The lowest BCUT2D eigenvalue weighted by Gasteiger charge is -2.12. The summed E-state index contributed by atoms with van der Waals surface area (Å²) in [5.41, 5.74) is 5.15. The van der Waals surface area contributed by atoms with Gasteiger partial charge in [-0.15, -0.1) is 0 Å². The summed E-state index contributed by atoms with van der Waals surface area (Å²) in [7, 11) is 0. The second-order valence-corrected chi connectivity index (χ2v) is 2.91. The zero-order valence-corrected chi connectivity index (χ0v) is 6.84. The molecule has 0 spiro atoms. The summed E-state index contributed by atoms with van der Waals surface area (Å²) in [6.45, 7) is 1.56. The molecule has 1 unspecified atom stereocenters. The monoisotopic (exact) mass is 181 g/mol. The van der Waals surface area contributed by atoms with Crippen molar-refractivity contribution in [3.05, 3.63) is 0 Å². The van der Waals surface area contributed by atoms with E-state index >= 15 is 0 Å². The molecule has 0 bridgehead atoms. The molecule has 0 aromatic heterocycles. The van der Waals surface area contributed by atoms with Gasteiger partial charge in [-0.05, 0) is 12.3 Å². The highest BCUT2D eigenvalue weighted by molar-refractivity contribution is 5.72. The summed E-state index contributed by atoms with van der Waals surface area (Å²) in [5, 5.41) is 8.35. The first-order valence-electron chi connectivity index (χ1n) is 3.70. The molecule has 2 atom stereocenters. The molecule has 0 amide bonds. The first kappa shape index (κ1) is 11.3. The highest BCUT2D eigenvalue weighted by atomic mass is 19.3. The van der Waals surface area contributed by atoms with Gasteiger partial charge >= 0.3 is 5.97 Å². The summed E-state index contributed by atoms with van der Waals surface area (Å²) in [6, 6.07) is -1.03. The van der Waals surface area contributed by atoms with Gasteiger partial charge in [0.1, 0.15) is 6.04 Å². The molecule has 0 saturated heterocycles. The van der Waals surface area contributed by atoms with Gasteiger partial charge in [0.2, 0.25) is 6.43 Å². The normalized spacial score (nSPS) is 16.1. The summed E-state index contributed by atoms with van der Waals surface area (Å²) >= 11 is 0. The van der Waals surface area contributed by atoms with Crippen molar-refractivity contribution in [1.29, 1.82) is 0 Å². The van der Waals surface area contributed by atoms with Gasteiger partial charge in [0, 0.05) is 6.42 Å². The lowest BCUT2D eigenvalue weighted by atomic mass is 9.99. The maximum Gasteiger partial charge on any atom is 0.320 e. The van der Waals surface area contributed by atoms with E-state index in [2.05, 4.69) is 0 Å². The van der Waals surface area contributed by atoms with Crippen LogP contribution in [-0.2, 0) is 4.79 Å². The molecule has 0 saturated carbocycles. The predicted octanol–water partition coefficient (Wildman–Crippen LogP) is 1.08. The number of carbonyl (C=O) groups is 1. The fraction of sp³-hybridized carbons (Fsp3) is 0.857. The van der Waals surface area contributed by atoms with Crippen LogP contribution in [0.3, 0.4) is 0 Å². The molecule has 3 nitrogen and oxygen atoms in total. The van der Waals surface area contributed by atoms with E-state index in [0.717, 1.165) is 0 Å². The van der Waals surface area contributed by atoms with Gasteiger partial charge in [0.15, 0.2) is 0 Å². The first-order valence-corrected chi connectivity index (χ1v) is 3.70. The largest absolute Gasteiger partial charge is 0.480 e. The van der Waals surface area contributed by atoms with Crippen molar-refractivity contribution in [2.45, 2.75) is 32.2 Å². The average molecular weight is 181 g/mol. The molecule has 12 heavy (non-hydrogen) atoms. The van der Waals surface area contributed by atoms with Crippen molar-refractivity contribution in [2.24, 2.45) is 11.7 Å². The number of carboxylic acids is 1. The van der Waals surface area contributed by atoms with Crippen molar-refractivity contribution < 1.29 is 18.7 Å². The highest BCUT2D eigenvalue weighted by Crippen LogP contribution is 2.14. The Morgan fingerprint density at radius 3 is 2.33 bits per heavy atom. The Morgan fingerprint density at radius 1 is 1.50 bits per heavy atom. The molecule has 0 aromatic carbocycles. The van der Waals surface area contributed by atoms with E-state index in [9.17, 15) is 13.6 Å². The minimum Gasteiger partial charge on any atom is -0.480 e. The molecule has 0 aromatic rings. The lowest BCUT2D eigenvalue weighted by molar-refractivity contribution is -0.139. The van der Waals surface area contributed by atoms with Gasteiger partial charge in [-0.2, -0.15) is 0 Å². The summed E-state index contributed by atoms with van der Waals surface area (Å²) in [6.07, 6.45) is -2.58. The number of carboxylic acid groups (broad SMARTS) is 1. The third-order valence-corrected chi connectivity index (χ3v) is 1.55. The maximum absolute atomic E-state index is 11.7. The smallest absolute Gasteiger partial charge is 0.320 e. The van der Waals surface area contributed by atoms with Crippen LogP contribution < -0.4 is 5.73 Å². The Morgan fingerprint density at radius 2 is 2.00 bits per heavy atom. The fourth-order valence-corrected chi connectivity index (χ4v) is 0.935. The van der Waals surface area contributed by atoms with Crippen molar-refractivity contribution >= 4 is 5.97 Å². The Labute approximate surface area is 69.6 Å². The van der Waals surface area contributed by atoms with Gasteiger partial charge in [-0.25, -0.2) is 8.78 Å². The lowest BCUT2D eigenvalue weighted by Crippen LogP contribution is -2.32. The van der Waals surface area contributed by atoms with Crippen LogP contribution in [0.25, 0.3) is 0 Å². The summed E-state index contributed by atoms with van der Waals surface area (Å²) in [5.74, 6) is -1.49. The van der Waals surface area contributed by atoms with Crippen LogP contribution in [-0.4, -0.2) is 23.5 Å². The fourth-order valence-electron chi connectivity index (χ4n) is 0.935. The second-order valence-electron chi connectivity index (χ2n) is 2.91. The zero-order chi connectivity index (χ0) is 9.72. The quantitative estimate of drug-likeness (QED) is 0.667. The Kier molecular flexibility index (Phi) is 4.73. The van der Waals surface area contributed by atoms with Gasteiger partial charge in [-0.3, -0.25) is 4.79 Å². The van der Waals surface area contributed by atoms with E-state index in [1.807, 2.05) is 0 Å². The van der Waals surface area contributed by atoms with E-state index < -0.39 is 18.4 Å². The SMILES string of the molecule is CC(CC(F)F)C[C@@H](N)C(=O)O. The van der Waals surface area contributed by atoms with Gasteiger partial charge in [-0.1, -0.05) is 6.92 Å². The van der Waals surface area contributed by atoms with E-state index in [1.54, 1.807) is 6.92 Å². The molecule has 5 heteroatoms. The molecule has 72 valence electrons. The number of alkyl halides is 2. The van der Waals surface area contributed by atoms with Crippen LogP contribution in [0.1, 0.15) is 19.8 Å². The van der Waals surface area contributed by atoms with E-state index in [0.29, 0.717) is 0 Å². The van der Waals surface area contributed by atoms with Gasteiger partial charge < -0.3 is 10.8 Å².